The third kappa shape index (κ3) is 3.90. The van der Waals surface area contributed by atoms with Gasteiger partial charge in [-0.15, -0.1) is 6.58 Å². The Morgan fingerprint density at radius 2 is 1.91 bits per heavy atom. The van der Waals surface area contributed by atoms with E-state index < -0.39 is 6.10 Å². The smallest absolute Gasteiger partial charge is 0.131 e. The van der Waals surface area contributed by atoms with Crippen LogP contribution in [0.4, 0.5) is 0 Å². The van der Waals surface area contributed by atoms with E-state index in [-0.39, 0.29) is 6.04 Å². The van der Waals surface area contributed by atoms with Gasteiger partial charge in [-0.05, 0) is 35.7 Å². The highest BCUT2D eigenvalue weighted by Gasteiger charge is 2.54. The van der Waals surface area contributed by atoms with Crippen molar-refractivity contribution in [3.8, 4) is 11.5 Å². The summed E-state index contributed by atoms with van der Waals surface area (Å²) in [4.78, 5) is 4.51. The molecular formula is C28H33N2O3+. The molecule has 5 heteroatoms. The van der Waals surface area contributed by atoms with Gasteiger partial charge >= 0.3 is 0 Å². The molecule has 0 amide bonds. The first-order valence-electron chi connectivity index (χ1n) is 11.8. The molecule has 3 saturated heterocycles. The number of aliphatic hydroxyl groups excluding tert-OH is 1. The molecule has 2 bridgehead atoms. The number of aromatic nitrogens is 1. The molecule has 33 heavy (non-hydrogen) atoms. The molecule has 4 heterocycles. The minimum absolute atomic E-state index is 0.114. The number of aliphatic hydroxyl groups is 1. The quantitative estimate of drug-likeness (QED) is 0.415. The number of hydrogen-bond donors (Lipinski definition) is 1. The summed E-state index contributed by atoms with van der Waals surface area (Å²) in [5.41, 5.74) is 3.08. The fourth-order valence-corrected chi connectivity index (χ4v) is 6.29. The van der Waals surface area contributed by atoms with Crippen LogP contribution in [0.5, 0.6) is 11.5 Å². The number of pyridine rings is 1. The Labute approximate surface area is 195 Å². The van der Waals surface area contributed by atoms with Crippen LogP contribution in [-0.2, 0) is 6.54 Å². The number of piperidine rings is 3. The Balaban J connectivity index is 1.56. The molecule has 0 radical (unpaired) electrons. The predicted molar refractivity (Wildman–Crippen MR) is 130 cm³/mol. The van der Waals surface area contributed by atoms with Gasteiger partial charge in [-0.2, -0.15) is 0 Å². The van der Waals surface area contributed by atoms with Crippen molar-refractivity contribution in [2.45, 2.75) is 31.5 Å². The lowest BCUT2D eigenvalue weighted by Crippen LogP contribution is -2.67. The Morgan fingerprint density at radius 1 is 1.15 bits per heavy atom. The second-order valence-corrected chi connectivity index (χ2v) is 9.62. The van der Waals surface area contributed by atoms with Crippen molar-refractivity contribution in [1.82, 2.24) is 4.98 Å². The summed E-state index contributed by atoms with van der Waals surface area (Å²) in [6.45, 7) is 7.03. The fourth-order valence-electron chi connectivity index (χ4n) is 6.29. The maximum Gasteiger partial charge on any atom is 0.131 e. The molecule has 1 aromatic heterocycles. The number of rotatable bonds is 7. The molecular weight excluding hydrogens is 412 g/mol. The second kappa shape index (κ2) is 8.81. The topological polar surface area (TPSA) is 51.6 Å². The van der Waals surface area contributed by atoms with Gasteiger partial charge in [0.05, 0.1) is 32.8 Å². The lowest BCUT2D eigenvalue weighted by atomic mass is 9.71. The van der Waals surface area contributed by atoms with Crippen LogP contribution >= 0.6 is 0 Å². The summed E-state index contributed by atoms with van der Waals surface area (Å²) in [6.07, 6.45) is 5.56. The number of methoxy groups -OCH3 is 2. The van der Waals surface area contributed by atoms with Crippen LogP contribution in [0.15, 0.2) is 67.4 Å². The highest BCUT2D eigenvalue weighted by atomic mass is 16.5. The molecule has 3 aliphatic rings. The van der Waals surface area contributed by atoms with Crippen molar-refractivity contribution in [2.75, 3.05) is 27.3 Å². The Kier molecular flexibility index (Phi) is 5.85. The molecule has 172 valence electrons. The molecule has 3 aliphatic heterocycles. The number of nitrogens with zero attached hydrogens (tertiary/aromatic N) is 2. The van der Waals surface area contributed by atoms with Gasteiger partial charge < -0.3 is 19.1 Å². The normalized spacial score (nSPS) is 27.3. The molecule has 1 N–H and O–H groups in total. The van der Waals surface area contributed by atoms with Crippen LogP contribution < -0.4 is 9.47 Å². The molecule has 0 spiro atoms. The number of ether oxygens (including phenoxy) is 2. The summed E-state index contributed by atoms with van der Waals surface area (Å²) < 4.78 is 11.9. The van der Waals surface area contributed by atoms with Gasteiger partial charge in [0.1, 0.15) is 30.2 Å². The van der Waals surface area contributed by atoms with Crippen molar-refractivity contribution in [2.24, 2.45) is 11.8 Å². The molecule has 2 aromatic carbocycles. The van der Waals surface area contributed by atoms with E-state index in [0.717, 1.165) is 64.9 Å². The van der Waals surface area contributed by atoms with Gasteiger partial charge in [0.25, 0.3) is 0 Å². The number of benzene rings is 2. The maximum atomic E-state index is 11.9. The first-order valence-corrected chi connectivity index (χ1v) is 11.8. The minimum Gasteiger partial charge on any atom is -0.497 e. The third-order valence-electron chi connectivity index (χ3n) is 7.95. The lowest BCUT2D eigenvalue weighted by Gasteiger charge is -2.58. The Bertz CT molecular complexity index is 1140. The van der Waals surface area contributed by atoms with Crippen molar-refractivity contribution < 1.29 is 19.1 Å². The molecule has 0 unspecified atom stereocenters. The fraction of sp³-hybridized carbons (Fsp3) is 0.393. The molecule has 3 fully saturated rings. The van der Waals surface area contributed by atoms with E-state index in [9.17, 15) is 5.11 Å². The van der Waals surface area contributed by atoms with Crippen LogP contribution in [0.1, 0.15) is 30.1 Å². The molecule has 3 aromatic rings. The zero-order valence-corrected chi connectivity index (χ0v) is 19.5. The van der Waals surface area contributed by atoms with Crippen LogP contribution in [-0.4, -0.2) is 47.9 Å². The van der Waals surface area contributed by atoms with E-state index in [1.165, 1.54) is 5.56 Å². The van der Waals surface area contributed by atoms with E-state index in [4.69, 9.17) is 9.47 Å². The van der Waals surface area contributed by atoms with E-state index in [1.807, 2.05) is 36.5 Å². The van der Waals surface area contributed by atoms with Gasteiger partial charge in [-0.25, -0.2) is 0 Å². The second-order valence-electron chi connectivity index (χ2n) is 9.62. The SMILES string of the molecule is C=C[C@H]1C[N@+]2(Cc3cc(OC)cc(OC)c3)CC[C@H]1C[C@H]2[C@H](O)c1ccnc2ccccc12. The van der Waals surface area contributed by atoms with Gasteiger partial charge in [-0.1, -0.05) is 24.3 Å². The number of hydrogen-bond acceptors (Lipinski definition) is 4. The number of para-hydroxylation sites is 1. The maximum absolute atomic E-state index is 11.9. The van der Waals surface area contributed by atoms with E-state index >= 15 is 0 Å². The summed E-state index contributed by atoms with van der Waals surface area (Å²) in [6, 6.07) is 16.3. The standard InChI is InChI=1S/C28H33N2O3/c1-4-20-18-30(17-19-13-22(32-2)16-23(14-19)33-3)12-10-21(20)15-27(30)28(31)25-9-11-29-26-8-6-5-7-24(25)26/h4-9,11,13-14,16,20-21,27-28,31H,1,10,12,15,17-18H2,2-3H3/q+1/t20-,21-,27-,28+,30+/m0/s1. The molecule has 5 nitrogen and oxygen atoms in total. The van der Waals surface area contributed by atoms with Crippen molar-refractivity contribution in [1.29, 1.82) is 0 Å². The molecule has 0 saturated carbocycles. The largest absolute Gasteiger partial charge is 0.497 e. The molecule has 6 rings (SSSR count). The van der Waals surface area contributed by atoms with Crippen molar-refractivity contribution in [3.05, 3.63) is 78.5 Å². The lowest BCUT2D eigenvalue weighted by molar-refractivity contribution is -0.984. The Morgan fingerprint density at radius 3 is 2.64 bits per heavy atom. The van der Waals surface area contributed by atoms with Gasteiger partial charge in [0, 0.05) is 42.0 Å². The van der Waals surface area contributed by atoms with Gasteiger partial charge in [-0.3, -0.25) is 4.98 Å². The van der Waals surface area contributed by atoms with Crippen LogP contribution in [0.3, 0.4) is 0 Å². The summed E-state index contributed by atoms with van der Waals surface area (Å²) in [5.74, 6) is 2.65. The monoisotopic (exact) mass is 445 g/mol. The van der Waals surface area contributed by atoms with E-state index in [1.54, 1.807) is 14.2 Å². The minimum atomic E-state index is -0.557. The number of quaternary nitrogens is 1. The van der Waals surface area contributed by atoms with Crippen LogP contribution in [0.2, 0.25) is 0 Å². The first kappa shape index (κ1) is 21.9. The summed E-state index contributed by atoms with van der Waals surface area (Å²) in [7, 11) is 3.37. The molecule has 5 atom stereocenters. The van der Waals surface area contributed by atoms with E-state index in [0.29, 0.717) is 11.8 Å². The molecule has 0 aliphatic carbocycles. The summed E-state index contributed by atoms with van der Waals surface area (Å²) >= 11 is 0. The number of fused-ring (bicyclic) bond motifs is 4. The highest BCUT2D eigenvalue weighted by molar-refractivity contribution is 5.82. The average Bonchev–Trinajstić information content (AvgIpc) is 2.87. The Hall–Kier alpha value is -2.89. The average molecular weight is 446 g/mol. The van der Waals surface area contributed by atoms with Crippen molar-refractivity contribution >= 4 is 10.9 Å². The van der Waals surface area contributed by atoms with Crippen LogP contribution in [0.25, 0.3) is 10.9 Å². The highest BCUT2D eigenvalue weighted by Crippen LogP contribution is 2.48. The predicted octanol–water partition coefficient (Wildman–Crippen LogP) is 4.90. The zero-order chi connectivity index (χ0) is 23.0. The van der Waals surface area contributed by atoms with Crippen LogP contribution in [0, 0.1) is 11.8 Å². The first-order chi connectivity index (χ1) is 16.1. The third-order valence-corrected chi connectivity index (χ3v) is 7.95. The van der Waals surface area contributed by atoms with Gasteiger partial charge in [0.2, 0.25) is 0 Å². The van der Waals surface area contributed by atoms with E-state index in [2.05, 4.69) is 35.8 Å². The zero-order valence-electron chi connectivity index (χ0n) is 19.5. The van der Waals surface area contributed by atoms with Gasteiger partial charge in [0.15, 0.2) is 0 Å². The summed E-state index contributed by atoms with van der Waals surface area (Å²) in [5, 5.41) is 12.9. The van der Waals surface area contributed by atoms with Crippen molar-refractivity contribution in [3.63, 3.8) is 0 Å².